The van der Waals surface area contributed by atoms with Crippen LogP contribution in [0.3, 0.4) is 0 Å². The molecular formula is C4H12N2O4. The lowest BCUT2D eigenvalue weighted by atomic mass is 10.4. The molecule has 0 aromatic heterocycles. The molecule has 1 atom stereocenters. The Morgan fingerprint density at radius 3 is 1.90 bits per heavy atom. The summed E-state index contributed by atoms with van der Waals surface area (Å²) in [5.41, 5.74) is 8.90. The summed E-state index contributed by atoms with van der Waals surface area (Å²) >= 11 is 0. The maximum atomic E-state index is 8.78. The molecule has 0 heterocycles. The number of amides is 1. The van der Waals surface area contributed by atoms with Crippen molar-refractivity contribution in [1.29, 1.82) is 0 Å². The van der Waals surface area contributed by atoms with Gasteiger partial charge in [0.15, 0.2) is 0 Å². The van der Waals surface area contributed by atoms with Gasteiger partial charge in [-0.25, -0.2) is 4.79 Å². The van der Waals surface area contributed by atoms with Crippen LogP contribution in [0.4, 0.5) is 4.79 Å². The second-order valence-corrected chi connectivity index (χ2v) is 1.41. The lowest BCUT2D eigenvalue weighted by molar-refractivity contribution is 0.102. The zero-order valence-electron chi connectivity index (χ0n) is 5.40. The van der Waals surface area contributed by atoms with E-state index in [1.54, 1.807) is 0 Å². The van der Waals surface area contributed by atoms with E-state index in [9.17, 15) is 0 Å². The van der Waals surface area contributed by atoms with Gasteiger partial charge in [0.2, 0.25) is 0 Å². The molecule has 10 heavy (non-hydrogen) atoms. The number of aliphatic hydroxyl groups excluding tert-OH is 2. The van der Waals surface area contributed by atoms with E-state index in [2.05, 4.69) is 5.73 Å². The molecule has 7 N–H and O–H groups in total. The highest BCUT2D eigenvalue weighted by Gasteiger charge is 1.92. The first kappa shape index (κ1) is 11.9. The molecule has 6 nitrogen and oxygen atoms in total. The number of carbonyl (C=O) groups is 1. The third-order valence-corrected chi connectivity index (χ3v) is 0.483. The van der Waals surface area contributed by atoms with Gasteiger partial charge in [0, 0.05) is 6.54 Å². The van der Waals surface area contributed by atoms with Crippen LogP contribution in [0.1, 0.15) is 0 Å². The van der Waals surface area contributed by atoms with Crippen molar-refractivity contribution in [3.05, 3.63) is 0 Å². The number of nitrogens with two attached hydrogens (primary N) is 2. The molecule has 1 amide bonds. The fraction of sp³-hybridized carbons (Fsp3) is 0.750. The first-order valence-electron chi connectivity index (χ1n) is 2.52. The Balaban J connectivity index is 0. The highest BCUT2D eigenvalue weighted by Crippen LogP contribution is 1.69. The minimum absolute atomic E-state index is 0.135. The Morgan fingerprint density at radius 2 is 1.90 bits per heavy atom. The van der Waals surface area contributed by atoms with Gasteiger partial charge in [0.25, 0.3) is 0 Å². The van der Waals surface area contributed by atoms with E-state index in [0.717, 1.165) is 0 Å². The average molecular weight is 152 g/mol. The molecular weight excluding hydrogens is 140 g/mol. The zero-order chi connectivity index (χ0) is 8.57. The molecule has 62 valence electrons. The van der Waals surface area contributed by atoms with E-state index >= 15 is 0 Å². The Hall–Kier alpha value is -0.850. The van der Waals surface area contributed by atoms with Crippen LogP contribution in [0, 0.1) is 0 Å². The number of hydrogen-bond acceptors (Lipinski definition) is 4. The molecule has 6 heteroatoms. The fourth-order valence-electron chi connectivity index (χ4n) is 0.0745. The second kappa shape index (κ2) is 8.15. The second-order valence-electron chi connectivity index (χ2n) is 1.41. The normalized spacial score (nSPS) is 11.1. The average Bonchev–Trinajstić information content (AvgIpc) is 1.85. The van der Waals surface area contributed by atoms with E-state index in [1.165, 1.54) is 0 Å². The van der Waals surface area contributed by atoms with Crippen LogP contribution in [-0.4, -0.2) is 40.7 Å². The molecule has 0 saturated heterocycles. The smallest absolute Gasteiger partial charge is 0.402 e. The molecule has 0 aromatic carbocycles. The summed E-state index contributed by atoms with van der Waals surface area (Å²) in [5, 5.41) is 23.5. The van der Waals surface area contributed by atoms with Gasteiger partial charge in [0.05, 0.1) is 12.7 Å². The first-order valence-corrected chi connectivity index (χ1v) is 2.52. The Morgan fingerprint density at radius 1 is 1.60 bits per heavy atom. The van der Waals surface area contributed by atoms with Crippen molar-refractivity contribution in [2.24, 2.45) is 11.5 Å². The SMILES string of the molecule is NC(=O)O.NCC(O)CO. The van der Waals surface area contributed by atoms with Gasteiger partial charge in [-0.3, -0.25) is 0 Å². The lowest BCUT2D eigenvalue weighted by Gasteiger charge is -1.97. The predicted molar refractivity (Wildman–Crippen MR) is 34.4 cm³/mol. The largest absolute Gasteiger partial charge is 0.465 e. The van der Waals surface area contributed by atoms with Crippen LogP contribution in [0.5, 0.6) is 0 Å². The van der Waals surface area contributed by atoms with Crippen LogP contribution in [0.15, 0.2) is 0 Å². The molecule has 0 fully saturated rings. The molecule has 0 bridgehead atoms. The molecule has 0 aliphatic rings. The first-order chi connectivity index (χ1) is 4.54. The Kier molecular flexibility index (Phi) is 9.69. The summed E-state index contributed by atoms with van der Waals surface area (Å²) in [7, 11) is 0. The molecule has 0 spiro atoms. The maximum absolute atomic E-state index is 8.78. The van der Waals surface area contributed by atoms with Crippen LogP contribution >= 0.6 is 0 Å². The highest BCUT2D eigenvalue weighted by molar-refractivity contribution is 5.61. The van der Waals surface area contributed by atoms with Crippen molar-refractivity contribution in [3.63, 3.8) is 0 Å². The maximum Gasteiger partial charge on any atom is 0.402 e. The molecule has 1 unspecified atom stereocenters. The van der Waals surface area contributed by atoms with Gasteiger partial charge in [-0.2, -0.15) is 0 Å². The van der Waals surface area contributed by atoms with Crippen molar-refractivity contribution in [1.82, 2.24) is 0 Å². The van der Waals surface area contributed by atoms with Gasteiger partial charge in [-0.1, -0.05) is 0 Å². The molecule has 0 aromatic rings. The van der Waals surface area contributed by atoms with Gasteiger partial charge in [0.1, 0.15) is 0 Å². The van der Waals surface area contributed by atoms with E-state index in [1.807, 2.05) is 0 Å². The summed E-state index contributed by atoms with van der Waals surface area (Å²) in [4.78, 5) is 8.78. The van der Waals surface area contributed by atoms with Crippen molar-refractivity contribution in [2.45, 2.75) is 6.10 Å². The van der Waals surface area contributed by atoms with E-state index < -0.39 is 12.2 Å². The fourth-order valence-corrected chi connectivity index (χ4v) is 0.0745. The quantitative estimate of drug-likeness (QED) is 0.310. The minimum atomic E-state index is -1.33. The Labute approximate surface area is 58.1 Å². The number of rotatable bonds is 2. The topological polar surface area (TPSA) is 130 Å². The summed E-state index contributed by atoms with van der Waals surface area (Å²) in [5.74, 6) is 0. The monoisotopic (exact) mass is 152 g/mol. The van der Waals surface area contributed by atoms with E-state index in [0.29, 0.717) is 0 Å². The molecule has 0 radical (unpaired) electrons. The highest BCUT2D eigenvalue weighted by atomic mass is 16.4. The molecule has 0 aliphatic heterocycles. The van der Waals surface area contributed by atoms with Gasteiger partial charge in [-0.15, -0.1) is 0 Å². The van der Waals surface area contributed by atoms with Crippen LogP contribution in [0.2, 0.25) is 0 Å². The van der Waals surface area contributed by atoms with Crippen molar-refractivity contribution < 1.29 is 20.1 Å². The Bertz CT molecular complexity index is 79.3. The minimum Gasteiger partial charge on any atom is -0.465 e. The number of aliphatic hydroxyl groups is 2. The zero-order valence-corrected chi connectivity index (χ0v) is 5.40. The summed E-state index contributed by atoms with van der Waals surface area (Å²) < 4.78 is 0. The summed E-state index contributed by atoms with van der Waals surface area (Å²) in [6, 6.07) is 0. The third-order valence-electron chi connectivity index (χ3n) is 0.483. The van der Waals surface area contributed by atoms with Gasteiger partial charge < -0.3 is 26.8 Å². The van der Waals surface area contributed by atoms with Crippen molar-refractivity contribution in [3.8, 4) is 0 Å². The number of carboxylic acid groups (broad SMARTS) is 1. The number of hydrogen-bond donors (Lipinski definition) is 5. The van der Waals surface area contributed by atoms with Gasteiger partial charge in [-0.05, 0) is 0 Å². The summed E-state index contributed by atoms with van der Waals surface area (Å²) in [6.45, 7) is -0.104. The molecule has 0 rings (SSSR count). The van der Waals surface area contributed by atoms with E-state index in [4.69, 9.17) is 25.8 Å². The molecule has 0 saturated carbocycles. The lowest BCUT2D eigenvalue weighted by Crippen LogP contribution is -2.22. The standard InChI is InChI=1S/C3H9NO2.CH3NO2/c4-1-3(6)2-5;2-1(3)4/h3,5-6H,1-2,4H2;2H2,(H,3,4). The van der Waals surface area contributed by atoms with Gasteiger partial charge >= 0.3 is 6.09 Å². The molecule has 0 aliphatic carbocycles. The third kappa shape index (κ3) is 27.3. The van der Waals surface area contributed by atoms with Crippen LogP contribution < -0.4 is 11.5 Å². The van der Waals surface area contributed by atoms with E-state index in [-0.39, 0.29) is 13.2 Å². The van der Waals surface area contributed by atoms with Crippen molar-refractivity contribution >= 4 is 6.09 Å². The number of primary amides is 1. The predicted octanol–water partition coefficient (Wildman–Crippen LogP) is -2.08. The van der Waals surface area contributed by atoms with Crippen LogP contribution in [0.25, 0.3) is 0 Å². The van der Waals surface area contributed by atoms with Crippen molar-refractivity contribution in [2.75, 3.05) is 13.2 Å². The van der Waals surface area contributed by atoms with Crippen LogP contribution in [-0.2, 0) is 0 Å². The summed E-state index contributed by atoms with van der Waals surface area (Å²) in [6.07, 6.45) is -2.06.